The van der Waals surface area contributed by atoms with Crippen molar-refractivity contribution >= 4 is 28.0 Å². The van der Waals surface area contributed by atoms with E-state index in [1.807, 2.05) is 0 Å². The van der Waals surface area contributed by atoms with E-state index in [1.54, 1.807) is 24.3 Å². The number of alkyl halides is 2. The zero-order valence-electron chi connectivity index (χ0n) is 15.0. The Balaban J connectivity index is 1.80. The van der Waals surface area contributed by atoms with Gasteiger partial charge in [0.05, 0.1) is 11.8 Å². The van der Waals surface area contributed by atoms with E-state index in [9.17, 15) is 17.7 Å². The topological polar surface area (TPSA) is 52.0 Å². The summed E-state index contributed by atoms with van der Waals surface area (Å²) in [5.41, 5.74) is 0.761. The van der Waals surface area contributed by atoms with E-state index in [-0.39, 0.29) is 16.5 Å². The van der Waals surface area contributed by atoms with Crippen LogP contribution in [-0.4, -0.2) is 27.7 Å². The predicted octanol–water partition coefficient (Wildman–Crippen LogP) is 4.45. The lowest BCUT2D eigenvalue weighted by Gasteiger charge is -2.25. The van der Waals surface area contributed by atoms with Crippen molar-refractivity contribution in [3.63, 3.8) is 0 Å². The number of halogens is 3. The molecule has 0 bridgehead atoms. The lowest BCUT2D eigenvalue weighted by atomic mass is 10.0. The molecular formula is C20H20F3N3OS. The van der Waals surface area contributed by atoms with Crippen LogP contribution in [0.4, 0.5) is 18.9 Å². The second-order valence-corrected chi connectivity index (χ2v) is 8.09. The summed E-state index contributed by atoms with van der Waals surface area (Å²) < 4.78 is 55.9. The summed E-state index contributed by atoms with van der Waals surface area (Å²) in [7, 11) is 0. The maximum absolute atomic E-state index is 14.1. The number of fused-ring (bicyclic) bond motifs is 1. The molecule has 1 saturated heterocycles. The van der Waals surface area contributed by atoms with Crippen LogP contribution >= 0.6 is 0 Å². The molecule has 0 amide bonds. The summed E-state index contributed by atoms with van der Waals surface area (Å²) in [6.45, 7) is 1.74. The van der Waals surface area contributed by atoms with E-state index < -0.39 is 23.6 Å². The molecule has 2 N–H and O–H groups in total. The molecule has 28 heavy (non-hydrogen) atoms. The molecular weight excluding hydrogens is 387 g/mol. The first-order valence-corrected chi connectivity index (χ1v) is 10.2. The van der Waals surface area contributed by atoms with Gasteiger partial charge >= 0.3 is 0 Å². The summed E-state index contributed by atoms with van der Waals surface area (Å²) in [4.78, 5) is -0.0445. The van der Waals surface area contributed by atoms with E-state index in [4.69, 9.17) is 0 Å². The second kappa shape index (κ2) is 8.06. The van der Waals surface area contributed by atoms with E-state index >= 15 is 0 Å². The number of nitrogens with zero attached hydrogens (tertiary/aromatic N) is 1. The van der Waals surface area contributed by atoms with Gasteiger partial charge in [-0.05, 0) is 50.2 Å². The van der Waals surface area contributed by atoms with Crippen LogP contribution in [-0.2, 0) is 11.4 Å². The minimum atomic E-state index is -2.74. The van der Waals surface area contributed by atoms with Crippen LogP contribution in [0.1, 0.15) is 24.8 Å². The number of hydrogen-bond donors (Lipinski definition) is 2. The molecule has 0 saturated carbocycles. The zero-order valence-corrected chi connectivity index (χ0v) is 15.8. The van der Waals surface area contributed by atoms with Crippen molar-refractivity contribution in [2.75, 3.05) is 18.4 Å². The van der Waals surface area contributed by atoms with Crippen LogP contribution in [0, 0.1) is 5.82 Å². The Hall–Kier alpha value is -2.16. The highest BCUT2D eigenvalue weighted by molar-refractivity contribution is 7.90. The average molecular weight is 407 g/mol. The van der Waals surface area contributed by atoms with E-state index in [1.165, 1.54) is 28.4 Å². The van der Waals surface area contributed by atoms with Crippen LogP contribution in [0.3, 0.4) is 0 Å². The molecule has 1 fully saturated rings. The standard InChI is InChI=1S/C20H20F3N3OS/c21-15-4-1-2-7-18(15)28(27)26-12-14(20(22)23)19-16(5-3-6-17(19)26)25-13-8-10-24-11-9-13/h1-7,12-13,20,24-25H,8-11H2. The van der Waals surface area contributed by atoms with Gasteiger partial charge in [0, 0.05) is 17.1 Å². The quantitative estimate of drug-likeness (QED) is 0.615. The van der Waals surface area contributed by atoms with Gasteiger partial charge in [-0.3, -0.25) is 0 Å². The SMILES string of the molecule is [O-][S+](c1ccccc1F)n1cc(C(F)F)c2c(NC3CCNCC3)cccc21. The van der Waals surface area contributed by atoms with Crippen molar-refractivity contribution in [2.45, 2.75) is 30.2 Å². The first-order valence-electron chi connectivity index (χ1n) is 9.12. The number of benzene rings is 2. The molecule has 0 radical (unpaired) electrons. The maximum Gasteiger partial charge on any atom is 0.266 e. The van der Waals surface area contributed by atoms with Gasteiger partial charge in [-0.2, -0.15) is 3.97 Å². The average Bonchev–Trinajstić information content (AvgIpc) is 3.10. The Morgan fingerprint density at radius 2 is 1.86 bits per heavy atom. The molecule has 2 aromatic carbocycles. The molecule has 0 aliphatic carbocycles. The Morgan fingerprint density at radius 1 is 1.11 bits per heavy atom. The van der Waals surface area contributed by atoms with Crippen LogP contribution in [0.2, 0.25) is 0 Å². The molecule has 3 aromatic rings. The molecule has 2 heterocycles. The third-order valence-electron chi connectivity index (χ3n) is 4.96. The van der Waals surface area contributed by atoms with Gasteiger partial charge in [-0.1, -0.05) is 18.2 Å². The highest BCUT2D eigenvalue weighted by Gasteiger charge is 2.27. The fourth-order valence-corrected chi connectivity index (χ4v) is 4.77. The number of aromatic nitrogens is 1. The van der Waals surface area contributed by atoms with Gasteiger partial charge < -0.3 is 15.2 Å². The highest BCUT2D eigenvalue weighted by Crippen LogP contribution is 2.37. The fraction of sp³-hybridized carbons (Fsp3) is 0.300. The number of piperidine rings is 1. The smallest absolute Gasteiger partial charge is 0.266 e. The van der Waals surface area contributed by atoms with Crippen molar-refractivity contribution in [2.24, 2.45) is 0 Å². The number of hydrogen-bond acceptors (Lipinski definition) is 3. The second-order valence-electron chi connectivity index (χ2n) is 6.76. The molecule has 1 aliphatic rings. The number of nitrogens with one attached hydrogen (secondary N) is 2. The van der Waals surface area contributed by atoms with Crippen molar-refractivity contribution in [3.05, 3.63) is 60.0 Å². The van der Waals surface area contributed by atoms with E-state index in [2.05, 4.69) is 10.6 Å². The molecule has 1 unspecified atom stereocenters. The maximum atomic E-state index is 14.1. The summed E-state index contributed by atoms with van der Waals surface area (Å²) in [5.74, 6) is -0.634. The van der Waals surface area contributed by atoms with Crippen LogP contribution in [0.5, 0.6) is 0 Å². The molecule has 4 rings (SSSR count). The fourth-order valence-electron chi connectivity index (χ4n) is 3.59. The normalized spacial score (nSPS) is 16.6. The predicted molar refractivity (Wildman–Crippen MR) is 105 cm³/mol. The molecule has 1 aliphatic heterocycles. The molecule has 4 nitrogen and oxygen atoms in total. The van der Waals surface area contributed by atoms with Crippen molar-refractivity contribution in [1.29, 1.82) is 0 Å². The van der Waals surface area contributed by atoms with Gasteiger partial charge in [0.1, 0.15) is 16.9 Å². The van der Waals surface area contributed by atoms with Gasteiger partial charge in [0.2, 0.25) is 4.90 Å². The van der Waals surface area contributed by atoms with Crippen LogP contribution < -0.4 is 10.6 Å². The van der Waals surface area contributed by atoms with Crippen molar-refractivity contribution < 1.29 is 17.7 Å². The van der Waals surface area contributed by atoms with Crippen molar-refractivity contribution in [1.82, 2.24) is 9.29 Å². The summed E-state index contributed by atoms with van der Waals surface area (Å²) in [6.07, 6.45) is 0.216. The Bertz CT molecular complexity index is 972. The van der Waals surface area contributed by atoms with Gasteiger partial charge in [-0.15, -0.1) is 0 Å². The molecule has 1 aromatic heterocycles. The monoisotopic (exact) mass is 407 g/mol. The summed E-state index contributed by atoms with van der Waals surface area (Å²) >= 11 is -1.97. The minimum Gasteiger partial charge on any atom is -0.587 e. The molecule has 148 valence electrons. The Kier molecular flexibility index (Phi) is 5.52. The van der Waals surface area contributed by atoms with E-state index in [0.717, 1.165) is 25.9 Å². The van der Waals surface area contributed by atoms with Gasteiger partial charge in [0.15, 0.2) is 5.82 Å². The largest absolute Gasteiger partial charge is 0.587 e. The Morgan fingerprint density at radius 3 is 2.57 bits per heavy atom. The molecule has 1 atom stereocenters. The zero-order chi connectivity index (χ0) is 19.7. The summed E-state index contributed by atoms with van der Waals surface area (Å²) in [6, 6.07) is 11.0. The van der Waals surface area contributed by atoms with Gasteiger partial charge in [-0.25, -0.2) is 13.2 Å². The lowest BCUT2D eigenvalue weighted by molar-refractivity contribution is 0.153. The van der Waals surface area contributed by atoms with Crippen LogP contribution in [0.15, 0.2) is 53.6 Å². The first kappa shape index (κ1) is 19.2. The Labute approximate surface area is 164 Å². The third-order valence-corrected chi connectivity index (χ3v) is 6.33. The highest BCUT2D eigenvalue weighted by atomic mass is 32.2. The van der Waals surface area contributed by atoms with Gasteiger partial charge in [0.25, 0.3) is 6.43 Å². The van der Waals surface area contributed by atoms with Crippen molar-refractivity contribution in [3.8, 4) is 0 Å². The first-order chi connectivity index (χ1) is 13.6. The summed E-state index contributed by atoms with van der Waals surface area (Å²) in [5, 5.41) is 6.97. The molecule has 8 heteroatoms. The van der Waals surface area contributed by atoms with Crippen LogP contribution in [0.25, 0.3) is 10.9 Å². The minimum absolute atomic E-state index is 0.0445. The molecule has 0 spiro atoms. The number of rotatable bonds is 5. The van der Waals surface area contributed by atoms with E-state index in [0.29, 0.717) is 16.6 Å². The third kappa shape index (κ3) is 3.59. The number of anilines is 1. The lowest BCUT2D eigenvalue weighted by Crippen LogP contribution is -2.35.